The predicted molar refractivity (Wildman–Crippen MR) is 69.4 cm³/mol. The number of aliphatic carboxylic acids is 1. The van der Waals surface area contributed by atoms with E-state index in [1.807, 2.05) is 0 Å². The molecule has 2 atom stereocenters. The molecule has 0 saturated carbocycles. The molecular formula is C13H25NO4. The average molecular weight is 259 g/mol. The minimum absolute atomic E-state index is 0.313. The van der Waals surface area contributed by atoms with Crippen molar-refractivity contribution in [1.29, 1.82) is 0 Å². The number of carboxylic acids is 1. The van der Waals surface area contributed by atoms with Crippen molar-refractivity contribution in [2.24, 2.45) is 0 Å². The number of hydrogen-bond acceptors (Lipinski definition) is 4. The molecule has 0 aromatic heterocycles. The molecule has 0 rings (SSSR count). The molecule has 0 aromatic rings. The van der Waals surface area contributed by atoms with Gasteiger partial charge in [0.1, 0.15) is 12.1 Å². The minimum Gasteiger partial charge on any atom is -0.480 e. The lowest BCUT2D eigenvalue weighted by Crippen LogP contribution is -2.46. The summed E-state index contributed by atoms with van der Waals surface area (Å²) in [7, 11) is 0. The zero-order valence-electron chi connectivity index (χ0n) is 11.6. The van der Waals surface area contributed by atoms with Crippen LogP contribution < -0.4 is 5.32 Å². The second-order valence-electron chi connectivity index (χ2n) is 4.38. The van der Waals surface area contributed by atoms with E-state index in [0.717, 1.165) is 25.7 Å². The van der Waals surface area contributed by atoms with Crippen LogP contribution in [-0.2, 0) is 14.3 Å². The molecule has 0 aliphatic carbocycles. The van der Waals surface area contributed by atoms with Crippen LogP contribution in [0.3, 0.4) is 0 Å². The first-order valence-electron chi connectivity index (χ1n) is 6.68. The van der Waals surface area contributed by atoms with Crippen molar-refractivity contribution >= 4 is 11.9 Å². The van der Waals surface area contributed by atoms with Gasteiger partial charge in [-0.05, 0) is 20.3 Å². The number of unbranched alkanes of at least 4 members (excludes halogenated alkanes) is 3. The van der Waals surface area contributed by atoms with Gasteiger partial charge in [-0.3, -0.25) is 14.9 Å². The second kappa shape index (κ2) is 9.88. The lowest BCUT2D eigenvalue weighted by atomic mass is 10.1. The molecule has 18 heavy (non-hydrogen) atoms. The molecule has 0 aliphatic heterocycles. The van der Waals surface area contributed by atoms with Crippen LogP contribution in [0.1, 0.15) is 52.9 Å². The van der Waals surface area contributed by atoms with Crippen LogP contribution in [0.2, 0.25) is 0 Å². The van der Waals surface area contributed by atoms with Crippen molar-refractivity contribution in [3.8, 4) is 0 Å². The number of hydrogen-bond donors (Lipinski definition) is 2. The number of rotatable bonds is 10. The third kappa shape index (κ3) is 7.27. The fourth-order valence-corrected chi connectivity index (χ4v) is 1.66. The van der Waals surface area contributed by atoms with Gasteiger partial charge in [0.2, 0.25) is 0 Å². The van der Waals surface area contributed by atoms with Crippen LogP contribution >= 0.6 is 0 Å². The Balaban J connectivity index is 4.24. The Bertz CT molecular complexity index is 255. The van der Waals surface area contributed by atoms with E-state index in [0.29, 0.717) is 13.0 Å². The van der Waals surface area contributed by atoms with Crippen LogP contribution in [0.5, 0.6) is 0 Å². The summed E-state index contributed by atoms with van der Waals surface area (Å²) in [6.07, 6.45) is 4.83. The number of nitrogens with one attached hydrogen (secondary N) is 1. The summed E-state index contributed by atoms with van der Waals surface area (Å²) >= 11 is 0. The van der Waals surface area contributed by atoms with Crippen LogP contribution in [0.25, 0.3) is 0 Å². The Morgan fingerprint density at radius 3 is 2.39 bits per heavy atom. The Morgan fingerprint density at radius 2 is 1.89 bits per heavy atom. The van der Waals surface area contributed by atoms with Crippen LogP contribution in [0.4, 0.5) is 0 Å². The van der Waals surface area contributed by atoms with E-state index in [2.05, 4.69) is 12.2 Å². The Kier molecular flexibility index (Phi) is 9.28. The summed E-state index contributed by atoms with van der Waals surface area (Å²) < 4.78 is 4.95. The van der Waals surface area contributed by atoms with E-state index in [9.17, 15) is 9.59 Å². The van der Waals surface area contributed by atoms with E-state index >= 15 is 0 Å². The smallest absolute Gasteiger partial charge is 0.323 e. The fraction of sp³-hybridized carbons (Fsp3) is 0.846. The summed E-state index contributed by atoms with van der Waals surface area (Å²) in [5.41, 5.74) is 0. The van der Waals surface area contributed by atoms with E-state index in [1.165, 1.54) is 6.92 Å². The molecule has 0 fully saturated rings. The topological polar surface area (TPSA) is 75.6 Å². The van der Waals surface area contributed by atoms with Gasteiger partial charge in [0.05, 0.1) is 6.61 Å². The maximum atomic E-state index is 11.7. The number of esters is 1. The van der Waals surface area contributed by atoms with Crippen molar-refractivity contribution in [3.63, 3.8) is 0 Å². The van der Waals surface area contributed by atoms with Gasteiger partial charge in [-0.25, -0.2) is 0 Å². The van der Waals surface area contributed by atoms with Crippen LogP contribution in [-0.4, -0.2) is 35.7 Å². The molecule has 106 valence electrons. The molecule has 0 saturated heterocycles. The number of carbonyl (C=O) groups is 2. The lowest BCUT2D eigenvalue weighted by molar-refractivity contribution is -0.147. The normalized spacial score (nSPS) is 13.9. The zero-order chi connectivity index (χ0) is 14.0. The summed E-state index contributed by atoms with van der Waals surface area (Å²) in [4.78, 5) is 22.5. The van der Waals surface area contributed by atoms with Gasteiger partial charge in [-0.15, -0.1) is 0 Å². The van der Waals surface area contributed by atoms with Gasteiger partial charge in [0, 0.05) is 0 Å². The zero-order valence-corrected chi connectivity index (χ0v) is 11.6. The van der Waals surface area contributed by atoms with Crippen LogP contribution in [0, 0.1) is 0 Å². The molecule has 0 aromatic carbocycles. The number of ether oxygens (including phenoxy) is 1. The van der Waals surface area contributed by atoms with E-state index in [4.69, 9.17) is 9.84 Å². The Labute approximate surface area is 109 Å². The highest BCUT2D eigenvalue weighted by Crippen LogP contribution is 2.08. The van der Waals surface area contributed by atoms with Crippen molar-refractivity contribution in [3.05, 3.63) is 0 Å². The standard InChI is InChI=1S/C13H25NO4/c1-4-6-7-8-9-11(13(17)18-5-2)14-10(3)12(15)16/h10-11,14H,4-9H2,1-3H3,(H,15,16)/t10-,11-/m0/s1. The first-order chi connectivity index (χ1) is 8.52. The SMILES string of the molecule is CCCCCC[C@H](N[C@@H](C)C(=O)O)C(=O)OCC. The van der Waals surface area contributed by atoms with Crippen molar-refractivity contribution in [1.82, 2.24) is 5.32 Å². The van der Waals surface area contributed by atoms with Gasteiger partial charge in [-0.1, -0.05) is 32.6 Å². The molecule has 0 aliphatic rings. The molecule has 0 amide bonds. The van der Waals surface area contributed by atoms with Gasteiger partial charge < -0.3 is 9.84 Å². The van der Waals surface area contributed by atoms with Crippen molar-refractivity contribution in [2.45, 2.75) is 65.0 Å². The van der Waals surface area contributed by atoms with Crippen molar-refractivity contribution < 1.29 is 19.4 Å². The number of carboxylic acid groups (broad SMARTS) is 1. The molecule has 5 heteroatoms. The summed E-state index contributed by atoms with van der Waals surface area (Å²) in [5, 5.41) is 11.6. The van der Waals surface area contributed by atoms with Gasteiger partial charge in [0.25, 0.3) is 0 Å². The van der Waals surface area contributed by atoms with E-state index in [1.54, 1.807) is 6.92 Å². The highest BCUT2D eigenvalue weighted by atomic mass is 16.5. The molecule has 2 N–H and O–H groups in total. The van der Waals surface area contributed by atoms with Gasteiger partial charge in [-0.2, -0.15) is 0 Å². The highest BCUT2D eigenvalue weighted by Gasteiger charge is 2.23. The van der Waals surface area contributed by atoms with E-state index < -0.39 is 18.1 Å². The van der Waals surface area contributed by atoms with Gasteiger partial charge in [0.15, 0.2) is 0 Å². The monoisotopic (exact) mass is 259 g/mol. The maximum Gasteiger partial charge on any atom is 0.323 e. The van der Waals surface area contributed by atoms with E-state index in [-0.39, 0.29) is 5.97 Å². The minimum atomic E-state index is -0.960. The molecule has 0 radical (unpaired) electrons. The molecule has 0 unspecified atom stereocenters. The second-order valence-corrected chi connectivity index (χ2v) is 4.38. The highest BCUT2D eigenvalue weighted by molar-refractivity contribution is 5.78. The molecule has 0 spiro atoms. The third-order valence-corrected chi connectivity index (χ3v) is 2.74. The fourth-order valence-electron chi connectivity index (χ4n) is 1.66. The molecular weight excluding hydrogens is 234 g/mol. The first kappa shape index (κ1) is 16.9. The maximum absolute atomic E-state index is 11.7. The first-order valence-corrected chi connectivity index (χ1v) is 6.68. The lowest BCUT2D eigenvalue weighted by Gasteiger charge is -2.19. The number of carbonyl (C=O) groups excluding carboxylic acids is 1. The average Bonchev–Trinajstić information content (AvgIpc) is 2.32. The van der Waals surface area contributed by atoms with Crippen molar-refractivity contribution in [2.75, 3.05) is 6.61 Å². The molecule has 0 heterocycles. The summed E-state index contributed by atoms with van der Waals surface area (Å²) in [6.45, 7) is 5.70. The largest absolute Gasteiger partial charge is 0.480 e. The quantitative estimate of drug-likeness (QED) is 0.463. The Morgan fingerprint density at radius 1 is 1.22 bits per heavy atom. The van der Waals surface area contributed by atoms with Crippen LogP contribution in [0.15, 0.2) is 0 Å². The third-order valence-electron chi connectivity index (χ3n) is 2.74. The Hall–Kier alpha value is -1.10. The molecule has 0 bridgehead atoms. The van der Waals surface area contributed by atoms with Gasteiger partial charge >= 0.3 is 11.9 Å². The summed E-state index contributed by atoms with van der Waals surface area (Å²) in [6, 6.07) is -1.27. The predicted octanol–water partition coefficient (Wildman–Crippen LogP) is 1.95. The molecule has 5 nitrogen and oxygen atoms in total. The summed E-state index contributed by atoms with van der Waals surface area (Å²) in [5.74, 6) is -1.32.